The topological polar surface area (TPSA) is 36.8 Å². The van der Waals surface area contributed by atoms with E-state index in [1.54, 1.807) is 6.92 Å². The highest BCUT2D eigenvalue weighted by atomic mass is 35.5. The van der Waals surface area contributed by atoms with Gasteiger partial charge in [-0.3, -0.25) is 0 Å². The van der Waals surface area contributed by atoms with E-state index >= 15 is 0 Å². The first-order chi connectivity index (χ1) is 6.18. The Kier molecular flexibility index (Phi) is 4.22. The Morgan fingerprint density at radius 2 is 2.00 bits per heavy atom. The van der Waals surface area contributed by atoms with Crippen LogP contribution >= 0.6 is 11.6 Å². The van der Waals surface area contributed by atoms with E-state index in [4.69, 9.17) is 16.7 Å². The van der Waals surface area contributed by atoms with Crippen molar-refractivity contribution in [1.82, 2.24) is 0 Å². The number of hydrogen-bond donors (Lipinski definition) is 2. The maximum atomic E-state index is 9.02. The molecule has 0 radical (unpaired) electrons. The zero-order chi connectivity index (χ0) is 9.68. The van der Waals surface area contributed by atoms with E-state index in [9.17, 15) is 0 Å². The highest BCUT2D eigenvalue weighted by molar-refractivity contribution is 6.30. The lowest BCUT2D eigenvalue weighted by molar-refractivity contribution is -0.676. The average molecular weight is 201 g/mol. The van der Waals surface area contributed by atoms with Crippen molar-refractivity contribution < 1.29 is 10.4 Å². The van der Waals surface area contributed by atoms with Crippen molar-refractivity contribution in [3.8, 4) is 0 Å². The van der Waals surface area contributed by atoms with Crippen molar-refractivity contribution in [3.63, 3.8) is 0 Å². The summed E-state index contributed by atoms with van der Waals surface area (Å²) in [5.74, 6) is 0. The molecule has 0 aromatic heterocycles. The molecule has 0 saturated heterocycles. The summed E-state index contributed by atoms with van der Waals surface area (Å²) in [7, 11) is 0. The quantitative estimate of drug-likeness (QED) is 0.741. The lowest BCUT2D eigenvalue weighted by atomic mass is 10.2. The van der Waals surface area contributed by atoms with Gasteiger partial charge in [0.2, 0.25) is 0 Å². The molecule has 0 saturated carbocycles. The second-order valence-electron chi connectivity index (χ2n) is 3.20. The lowest BCUT2D eigenvalue weighted by Gasteiger charge is -2.03. The molecule has 1 aromatic carbocycles. The molecule has 0 heterocycles. The van der Waals surface area contributed by atoms with Crippen LogP contribution in [0.25, 0.3) is 0 Å². The van der Waals surface area contributed by atoms with Crippen LogP contribution in [0.15, 0.2) is 24.3 Å². The van der Waals surface area contributed by atoms with Crippen LogP contribution in [0.4, 0.5) is 0 Å². The lowest BCUT2D eigenvalue weighted by Crippen LogP contribution is -2.84. The molecule has 72 valence electrons. The van der Waals surface area contributed by atoms with Crippen LogP contribution in [-0.2, 0) is 6.54 Å². The Morgan fingerprint density at radius 3 is 2.54 bits per heavy atom. The SMILES string of the molecule is C[C@H](O)C[NH2+]Cc1ccc(Cl)cc1. The highest BCUT2D eigenvalue weighted by Crippen LogP contribution is 2.08. The summed E-state index contributed by atoms with van der Waals surface area (Å²) >= 11 is 5.75. The van der Waals surface area contributed by atoms with Crippen LogP contribution in [0.1, 0.15) is 12.5 Å². The van der Waals surface area contributed by atoms with E-state index in [-0.39, 0.29) is 6.10 Å². The number of rotatable bonds is 4. The van der Waals surface area contributed by atoms with Crippen LogP contribution in [0.3, 0.4) is 0 Å². The molecular formula is C10H15ClNO+. The second kappa shape index (κ2) is 5.22. The predicted molar refractivity (Wildman–Crippen MR) is 53.6 cm³/mol. The van der Waals surface area contributed by atoms with Crippen molar-refractivity contribution in [2.75, 3.05) is 6.54 Å². The van der Waals surface area contributed by atoms with Crippen LogP contribution < -0.4 is 5.32 Å². The minimum absolute atomic E-state index is 0.243. The minimum Gasteiger partial charge on any atom is -0.388 e. The van der Waals surface area contributed by atoms with Crippen LogP contribution in [-0.4, -0.2) is 17.8 Å². The van der Waals surface area contributed by atoms with Gasteiger partial charge in [0.15, 0.2) is 0 Å². The first-order valence-electron chi connectivity index (χ1n) is 4.42. The summed E-state index contributed by atoms with van der Waals surface area (Å²) in [6.07, 6.45) is -0.243. The fourth-order valence-corrected chi connectivity index (χ4v) is 1.24. The van der Waals surface area contributed by atoms with Gasteiger partial charge in [0.25, 0.3) is 0 Å². The smallest absolute Gasteiger partial charge is 0.102 e. The molecule has 3 N–H and O–H groups in total. The minimum atomic E-state index is -0.243. The van der Waals surface area contributed by atoms with Crippen molar-refractivity contribution in [2.24, 2.45) is 0 Å². The molecule has 0 aliphatic carbocycles. The molecule has 1 aromatic rings. The number of benzene rings is 1. The summed E-state index contributed by atoms with van der Waals surface area (Å²) in [5, 5.41) is 11.9. The van der Waals surface area contributed by atoms with Crippen molar-refractivity contribution in [2.45, 2.75) is 19.6 Å². The monoisotopic (exact) mass is 200 g/mol. The number of hydrogen-bond acceptors (Lipinski definition) is 1. The molecule has 0 amide bonds. The maximum Gasteiger partial charge on any atom is 0.102 e. The van der Waals surface area contributed by atoms with E-state index in [1.165, 1.54) is 5.56 Å². The summed E-state index contributed by atoms with van der Waals surface area (Å²) in [6.45, 7) is 3.42. The van der Waals surface area contributed by atoms with Crippen LogP contribution in [0.5, 0.6) is 0 Å². The Hall–Kier alpha value is -0.570. The highest BCUT2D eigenvalue weighted by Gasteiger charge is 1.98. The fraction of sp³-hybridized carbons (Fsp3) is 0.400. The predicted octanol–water partition coefficient (Wildman–Crippen LogP) is 0.784. The molecule has 0 aliphatic rings. The summed E-state index contributed by atoms with van der Waals surface area (Å²) in [5.41, 5.74) is 1.23. The van der Waals surface area contributed by atoms with Gasteiger partial charge in [-0.25, -0.2) is 0 Å². The average Bonchev–Trinajstić information content (AvgIpc) is 2.08. The standard InChI is InChI=1S/C10H14ClNO/c1-8(13)6-12-7-9-2-4-10(11)5-3-9/h2-5,8,12-13H,6-7H2,1H3/p+1/t8-/m0/s1. The number of aliphatic hydroxyl groups is 1. The first-order valence-corrected chi connectivity index (χ1v) is 4.80. The molecule has 3 heteroatoms. The number of aliphatic hydroxyl groups excluding tert-OH is 1. The number of halogens is 1. The van der Waals surface area contributed by atoms with Crippen molar-refractivity contribution in [1.29, 1.82) is 0 Å². The Bertz CT molecular complexity index is 246. The number of nitrogens with two attached hydrogens (primary N) is 1. The Morgan fingerprint density at radius 1 is 1.38 bits per heavy atom. The summed E-state index contributed by atoms with van der Waals surface area (Å²) < 4.78 is 0. The summed E-state index contributed by atoms with van der Waals surface area (Å²) in [6, 6.07) is 7.77. The van der Waals surface area contributed by atoms with E-state index in [0.717, 1.165) is 18.1 Å². The van der Waals surface area contributed by atoms with Gasteiger partial charge < -0.3 is 10.4 Å². The van der Waals surface area contributed by atoms with E-state index in [1.807, 2.05) is 24.3 Å². The molecule has 0 bridgehead atoms. The molecule has 0 spiro atoms. The normalized spacial score (nSPS) is 12.8. The van der Waals surface area contributed by atoms with Gasteiger partial charge in [0.1, 0.15) is 13.1 Å². The molecule has 0 aliphatic heterocycles. The first kappa shape index (κ1) is 10.5. The molecule has 0 fully saturated rings. The molecule has 1 atom stereocenters. The van der Waals surface area contributed by atoms with Gasteiger partial charge in [0.05, 0.1) is 6.10 Å². The third-order valence-electron chi connectivity index (χ3n) is 1.80. The molecular weight excluding hydrogens is 186 g/mol. The van der Waals surface area contributed by atoms with Gasteiger partial charge in [-0.05, 0) is 19.1 Å². The van der Waals surface area contributed by atoms with Crippen molar-refractivity contribution in [3.05, 3.63) is 34.9 Å². The van der Waals surface area contributed by atoms with E-state index in [0.29, 0.717) is 0 Å². The van der Waals surface area contributed by atoms with Gasteiger partial charge in [-0.2, -0.15) is 0 Å². The molecule has 1 rings (SSSR count). The van der Waals surface area contributed by atoms with Crippen LogP contribution in [0, 0.1) is 0 Å². The molecule has 0 unspecified atom stereocenters. The third-order valence-corrected chi connectivity index (χ3v) is 2.05. The van der Waals surface area contributed by atoms with E-state index < -0.39 is 0 Å². The molecule has 13 heavy (non-hydrogen) atoms. The Balaban J connectivity index is 2.33. The van der Waals surface area contributed by atoms with Crippen LogP contribution in [0.2, 0.25) is 5.02 Å². The zero-order valence-corrected chi connectivity index (χ0v) is 8.46. The maximum absolute atomic E-state index is 9.02. The summed E-state index contributed by atoms with van der Waals surface area (Å²) in [4.78, 5) is 0. The Labute approximate surface area is 83.5 Å². The molecule has 2 nitrogen and oxygen atoms in total. The van der Waals surface area contributed by atoms with Gasteiger partial charge >= 0.3 is 0 Å². The van der Waals surface area contributed by atoms with Gasteiger partial charge in [-0.15, -0.1) is 0 Å². The largest absolute Gasteiger partial charge is 0.388 e. The third kappa shape index (κ3) is 4.27. The van der Waals surface area contributed by atoms with Gasteiger partial charge in [-0.1, -0.05) is 23.7 Å². The zero-order valence-electron chi connectivity index (χ0n) is 7.70. The van der Waals surface area contributed by atoms with Crippen molar-refractivity contribution >= 4 is 11.6 Å². The van der Waals surface area contributed by atoms with E-state index in [2.05, 4.69) is 5.32 Å². The fourth-order valence-electron chi connectivity index (χ4n) is 1.11. The van der Waals surface area contributed by atoms with Gasteiger partial charge in [0, 0.05) is 10.6 Å². The second-order valence-corrected chi connectivity index (χ2v) is 3.64. The number of quaternary nitrogens is 1.